The highest BCUT2D eigenvalue weighted by Gasteiger charge is 2.26. The number of hydrogen-bond donors (Lipinski definition) is 0. The first-order valence-electron chi connectivity index (χ1n) is 6.91. The molecule has 20 heavy (non-hydrogen) atoms. The lowest BCUT2D eigenvalue weighted by Gasteiger charge is -2.17. The second-order valence-electron chi connectivity index (χ2n) is 5.61. The molecule has 0 bridgehead atoms. The summed E-state index contributed by atoms with van der Waals surface area (Å²) in [6.45, 7) is 6.12. The molecule has 1 heterocycles. The van der Waals surface area contributed by atoms with E-state index in [1.54, 1.807) is 5.51 Å². The van der Waals surface area contributed by atoms with Gasteiger partial charge in [-0.25, -0.2) is 4.98 Å². The van der Waals surface area contributed by atoms with Crippen molar-refractivity contribution in [3.63, 3.8) is 0 Å². The van der Waals surface area contributed by atoms with Crippen molar-refractivity contribution in [1.29, 1.82) is 0 Å². The van der Waals surface area contributed by atoms with E-state index in [1.807, 2.05) is 12.3 Å². The van der Waals surface area contributed by atoms with Crippen LogP contribution >= 0.6 is 11.3 Å². The van der Waals surface area contributed by atoms with Gasteiger partial charge in [-0.1, -0.05) is 20.8 Å². The Morgan fingerprint density at radius 1 is 1.35 bits per heavy atom. The first-order valence-corrected chi connectivity index (χ1v) is 7.85. The minimum Gasteiger partial charge on any atom is -0.469 e. The van der Waals surface area contributed by atoms with Crippen LogP contribution in [0.2, 0.25) is 0 Å². The van der Waals surface area contributed by atoms with Gasteiger partial charge in [0.2, 0.25) is 0 Å². The summed E-state index contributed by atoms with van der Waals surface area (Å²) < 4.78 is 4.81. The van der Waals surface area contributed by atoms with E-state index < -0.39 is 5.92 Å². The number of esters is 1. The minimum atomic E-state index is -0.427. The van der Waals surface area contributed by atoms with Crippen LogP contribution in [0.25, 0.3) is 0 Å². The fourth-order valence-corrected chi connectivity index (χ4v) is 2.85. The highest BCUT2D eigenvalue weighted by atomic mass is 32.1. The molecule has 0 fully saturated rings. The van der Waals surface area contributed by atoms with E-state index in [4.69, 9.17) is 4.74 Å². The van der Waals surface area contributed by atoms with Crippen LogP contribution in [0.15, 0.2) is 10.9 Å². The van der Waals surface area contributed by atoms with Crippen LogP contribution in [-0.4, -0.2) is 23.8 Å². The van der Waals surface area contributed by atoms with Crippen molar-refractivity contribution in [2.45, 2.75) is 40.0 Å². The Labute approximate surface area is 124 Å². The molecule has 0 saturated carbocycles. The number of aromatic nitrogens is 1. The minimum absolute atomic E-state index is 0.0161. The molecular weight excluding hydrogens is 274 g/mol. The zero-order valence-electron chi connectivity index (χ0n) is 12.6. The lowest BCUT2D eigenvalue weighted by molar-refractivity contribution is -0.147. The molecule has 1 unspecified atom stereocenters. The Hall–Kier alpha value is -1.23. The highest BCUT2D eigenvalue weighted by Crippen LogP contribution is 2.20. The van der Waals surface area contributed by atoms with Gasteiger partial charge >= 0.3 is 5.97 Å². The molecule has 0 N–H and O–H groups in total. The molecule has 0 spiro atoms. The fourth-order valence-electron chi connectivity index (χ4n) is 2.28. The predicted octanol–water partition coefficient (Wildman–Crippen LogP) is 3.12. The second kappa shape index (κ2) is 8.15. The molecule has 1 aromatic rings. The fraction of sp³-hybridized carbons (Fsp3) is 0.667. The first-order chi connectivity index (χ1) is 9.43. The number of carbonyl (C=O) groups excluding carboxylic acids is 2. The summed E-state index contributed by atoms with van der Waals surface area (Å²) in [5.41, 5.74) is 2.57. The third-order valence-electron chi connectivity index (χ3n) is 3.30. The highest BCUT2D eigenvalue weighted by molar-refractivity contribution is 7.07. The Morgan fingerprint density at radius 3 is 2.55 bits per heavy atom. The number of nitrogens with zero attached hydrogens (tertiary/aromatic N) is 1. The van der Waals surface area contributed by atoms with Crippen molar-refractivity contribution >= 4 is 23.1 Å². The molecule has 1 rings (SSSR count). The number of ketones is 1. The summed E-state index contributed by atoms with van der Waals surface area (Å²) in [7, 11) is 1.36. The molecule has 2 atom stereocenters. The third kappa shape index (κ3) is 5.41. The van der Waals surface area contributed by atoms with Crippen LogP contribution in [0.4, 0.5) is 0 Å². The molecule has 1 aromatic heterocycles. The van der Waals surface area contributed by atoms with Gasteiger partial charge in [0.15, 0.2) is 0 Å². The van der Waals surface area contributed by atoms with E-state index in [0.29, 0.717) is 12.3 Å². The topological polar surface area (TPSA) is 56.3 Å². The third-order valence-corrected chi connectivity index (χ3v) is 3.93. The van der Waals surface area contributed by atoms with Gasteiger partial charge in [-0.15, -0.1) is 11.3 Å². The maximum atomic E-state index is 12.2. The zero-order valence-corrected chi connectivity index (χ0v) is 13.4. The molecular formula is C15H23NO3S. The average molecular weight is 297 g/mol. The molecule has 0 aromatic carbocycles. The molecule has 4 nitrogen and oxygen atoms in total. The Morgan fingerprint density at radius 2 is 2.05 bits per heavy atom. The van der Waals surface area contributed by atoms with E-state index in [0.717, 1.165) is 12.1 Å². The van der Waals surface area contributed by atoms with Gasteiger partial charge in [0.1, 0.15) is 5.78 Å². The number of ether oxygens (including phenoxy) is 1. The summed E-state index contributed by atoms with van der Waals surface area (Å²) in [4.78, 5) is 28.2. The van der Waals surface area contributed by atoms with Gasteiger partial charge < -0.3 is 4.74 Å². The molecule has 0 aliphatic heterocycles. The van der Waals surface area contributed by atoms with Gasteiger partial charge in [-0.2, -0.15) is 0 Å². The molecule has 0 radical (unpaired) electrons. The summed E-state index contributed by atoms with van der Waals surface area (Å²) in [5, 5.41) is 1.90. The van der Waals surface area contributed by atoms with Crippen molar-refractivity contribution in [3.8, 4) is 0 Å². The van der Waals surface area contributed by atoms with E-state index >= 15 is 0 Å². The van der Waals surface area contributed by atoms with Gasteiger partial charge in [0.05, 0.1) is 24.2 Å². The van der Waals surface area contributed by atoms with Crippen molar-refractivity contribution in [2.75, 3.05) is 7.11 Å². The lowest BCUT2D eigenvalue weighted by Crippen LogP contribution is -2.25. The normalized spacial score (nSPS) is 14.1. The van der Waals surface area contributed by atoms with E-state index in [2.05, 4.69) is 18.8 Å². The smallest absolute Gasteiger partial charge is 0.309 e. The molecule has 0 saturated heterocycles. The van der Waals surface area contributed by atoms with Crippen molar-refractivity contribution in [1.82, 2.24) is 4.98 Å². The summed E-state index contributed by atoms with van der Waals surface area (Å²) >= 11 is 1.49. The van der Waals surface area contributed by atoms with Gasteiger partial charge in [-0.3, -0.25) is 9.59 Å². The van der Waals surface area contributed by atoms with E-state index in [-0.39, 0.29) is 24.1 Å². The molecule has 0 amide bonds. The SMILES string of the molecule is COC(=O)C(CC(=O)[C@@H](C)CC(C)C)Cc1cscn1. The van der Waals surface area contributed by atoms with Crippen LogP contribution in [0.1, 0.15) is 39.3 Å². The van der Waals surface area contributed by atoms with Crippen molar-refractivity contribution in [2.24, 2.45) is 17.8 Å². The van der Waals surface area contributed by atoms with Crippen molar-refractivity contribution in [3.05, 3.63) is 16.6 Å². The summed E-state index contributed by atoms with van der Waals surface area (Å²) in [6, 6.07) is 0. The van der Waals surface area contributed by atoms with E-state index in [9.17, 15) is 9.59 Å². The summed E-state index contributed by atoms with van der Waals surface area (Å²) in [6.07, 6.45) is 1.55. The number of rotatable bonds is 8. The zero-order chi connectivity index (χ0) is 15.1. The second-order valence-corrected chi connectivity index (χ2v) is 6.32. The van der Waals surface area contributed by atoms with Crippen LogP contribution < -0.4 is 0 Å². The van der Waals surface area contributed by atoms with Gasteiger partial charge in [-0.05, 0) is 12.3 Å². The Balaban J connectivity index is 2.65. The molecule has 112 valence electrons. The number of thiazole rings is 1. The predicted molar refractivity (Wildman–Crippen MR) is 79.6 cm³/mol. The Kier molecular flexibility index (Phi) is 6.85. The Bertz CT molecular complexity index is 428. The van der Waals surface area contributed by atoms with Gasteiger partial charge in [0.25, 0.3) is 0 Å². The maximum Gasteiger partial charge on any atom is 0.309 e. The number of Topliss-reactive ketones (excluding diaryl/α,β-unsaturated/α-hetero) is 1. The molecule has 0 aliphatic carbocycles. The molecule has 5 heteroatoms. The summed E-state index contributed by atoms with van der Waals surface area (Å²) in [5.74, 6) is -0.168. The van der Waals surface area contributed by atoms with Gasteiger partial charge in [0, 0.05) is 24.1 Å². The molecule has 0 aliphatic rings. The van der Waals surface area contributed by atoms with Crippen LogP contribution in [0.3, 0.4) is 0 Å². The van der Waals surface area contributed by atoms with Crippen LogP contribution in [-0.2, 0) is 20.7 Å². The first kappa shape index (κ1) is 16.8. The number of methoxy groups -OCH3 is 1. The van der Waals surface area contributed by atoms with Crippen molar-refractivity contribution < 1.29 is 14.3 Å². The average Bonchev–Trinajstić information content (AvgIpc) is 2.89. The quantitative estimate of drug-likeness (QED) is 0.692. The monoisotopic (exact) mass is 297 g/mol. The lowest BCUT2D eigenvalue weighted by atomic mass is 9.88. The van der Waals surface area contributed by atoms with Crippen LogP contribution in [0, 0.1) is 17.8 Å². The van der Waals surface area contributed by atoms with Crippen LogP contribution in [0.5, 0.6) is 0 Å². The standard InChI is InChI=1S/C15H23NO3S/c1-10(2)5-11(3)14(17)7-12(15(18)19-4)6-13-8-20-9-16-13/h8-12H,5-7H2,1-4H3/t11-,12?/m0/s1. The maximum absolute atomic E-state index is 12.2. The number of carbonyl (C=O) groups is 2. The van der Waals surface area contributed by atoms with E-state index in [1.165, 1.54) is 18.4 Å². The number of hydrogen-bond acceptors (Lipinski definition) is 5. The largest absolute Gasteiger partial charge is 0.469 e.